The van der Waals surface area contributed by atoms with Crippen molar-refractivity contribution in [3.05, 3.63) is 27.1 Å². The second-order valence-electron chi connectivity index (χ2n) is 4.39. The zero-order chi connectivity index (χ0) is 11.5. The second-order valence-corrected chi connectivity index (χ2v) is 6.16. The van der Waals surface area contributed by atoms with E-state index in [1.54, 1.807) is 0 Å². The van der Waals surface area contributed by atoms with Crippen molar-refractivity contribution in [2.24, 2.45) is 5.73 Å². The van der Waals surface area contributed by atoms with E-state index in [0.29, 0.717) is 12.1 Å². The summed E-state index contributed by atoms with van der Waals surface area (Å²) in [6.07, 6.45) is 4.69. The summed E-state index contributed by atoms with van der Waals surface area (Å²) in [5, 5.41) is 3.56. The molecule has 1 fully saturated rings. The largest absolute Gasteiger partial charge is 0.381 e. The van der Waals surface area contributed by atoms with Crippen molar-refractivity contribution in [1.82, 2.24) is 0 Å². The minimum Gasteiger partial charge on any atom is -0.381 e. The SMILES string of the molecule is NC1CCCC(Nc2ccc(Br)cc2Br)C1. The van der Waals surface area contributed by atoms with E-state index in [1.165, 1.54) is 19.3 Å². The van der Waals surface area contributed by atoms with E-state index in [2.05, 4.69) is 55.4 Å². The Morgan fingerprint density at radius 2 is 2.06 bits per heavy atom. The van der Waals surface area contributed by atoms with Crippen LogP contribution < -0.4 is 11.1 Å². The van der Waals surface area contributed by atoms with E-state index < -0.39 is 0 Å². The number of halogens is 2. The van der Waals surface area contributed by atoms with Gasteiger partial charge in [-0.25, -0.2) is 0 Å². The number of anilines is 1. The van der Waals surface area contributed by atoms with E-state index in [-0.39, 0.29) is 0 Å². The maximum absolute atomic E-state index is 5.98. The van der Waals surface area contributed by atoms with Crippen molar-refractivity contribution < 1.29 is 0 Å². The lowest BCUT2D eigenvalue weighted by molar-refractivity contribution is 0.409. The molecule has 1 aliphatic rings. The van der Waals surface area contributed by atoms with Gasteiger partial charge < -0.3 is 11.1 Å². The maximum atomic E-state index is 5.98. The van der Waals surface area contributed by atoms with Gasteiger partial charge in [-0.2, -0.15) is 0 Å². The molecule has 0 aliphatic heterocycles. The molecule has 0 amide bonds. The average Bonchev–Trinajstić information content (AvgIpc) is 2.22. The van der Waals surface area contributed by atoms with E-state index in [1.807, 2.05) is 0 Å². The molecule has 0 aromatic heterocycles. The van der Waals surface area contributed by atoms with Gasteiger partial charge in [0.15, 0.2) is 0 Å². The van der Waals surface area contributed by atoms with Crippen molar-refractivity contribution in [2.75, 3.05) is 5.32 Å². The van der Waals surface area contributed by atoms with Gasteiger partial charge in [0.25, 0.3) is 0 Å². The smallest absolute Gasteiger partial charge is 0.0487 e. The summed E-state index contributed by atoms with van der Waals surface area (Å²) < 4.78 is 2.19. The van der Waals surface area contributed by atoms with Gasteiger partial charge in [-0.15, -0.1) is 0 Å². The summed E-state index contributed by atoms with van der Waals surface area (Å²) in [5.41, 5.74) is 7.14. The highest BCUT2D eigenvalue weighted by molar-refractivity contribution is 9.11. The van der Waals surface area contributed by atoms with E-state index in [9.17, 15) is 0 Å². The van der Waals surface area contributed by atoms with Gasteiger partial charge in [0.2, 0.25) is 0 Å². The highest BCUT2D eigenvalue weighted by Gasteiger charge is 2.19. The molecule has 0 heterocycles. The van der Waals surface area contributed by atoms with Crippen molar-refractivity contribution in [3.63, 3.8) is 0 Å². The van der Waals surface area contributed by atoms with Crippen LogP contribution in [0, 0.1) is 0 Å². The summed E-state index contributed by atoms with van der Waals surface area (Å²) in [4.78, 5) is 0. The highest BCUT2D eigenvalue weighted by atomic mass is 79.9. The molecule has 16 heavy (non-hydrogen) atoms. The number of nitrogens with two attached hydrogens (primary N) is 1. The molecule has 0 spiro atoms. The molecule has 4 heteroatoms. The molecule has 1 aromatic rings. The Hall–Kier alpha value is -0.0600. The Morgan fingerprint density at radius 1 is 1.25 bits per heavy atom. The van der Waals surface area contributed by atoms with E-state index in [0.717, 1.165) is 21.1 Å². The minimum absolute atomic E-state index is 0.362. The summed E-state index contributed by atoms with van der Waals surface area (Å²) >= 11 is 7.02. The third kappa shape index (κ3) is 3.22. The van der Waals surface area contributed by atoms with Crippen LogP contribution in [0.4, 0.5) is 5.69 Å². The number of nitrogens with one attached hydrogen (secondary N) is 1. The van der Waals surface area contributed by atoms with Crippen molar-refractivity contribution in [2.45, 2.75) is 37.8 Å². The Balaban J connectivity index is 2.02. The molecule has 2 nitrogen and oxygen atoms in total. The van der Waals surface area contributed by atoms with Crippen LogP contribution in [-0.2, 0) is 0 Å². The number of hydrogen-bond donors (Lipinski definition) is 2. The monoisotopic (exact) mass is 346 g/mol. The second kappa shape index (κ2) is 5.52. The van der Waals surface area contributed by atoms with Crippen molar-refractivity contribution in [3.8, 4) is 0 Å². The first-order valence-electron chi connectivity index (χ1n) is 5.62. The zero-order valence-corrected chi connectivity index (χ0v) is 12.2. The van der Waals surface area contributed by atoms with Gasteiger partial charge in [-0.1, -0.05) is 15.9 Å². The van der Waals surface area contributed by atoms with Crippen LogP contribution in [0.25, 0.3) is 0 Å². The number of hydrogen-bond acceptors (Lipinski definition) is 2. The van der Waals surface area contributed by atoms with E-state index >= 15 is 0 Å². The molecule has 1 saturated carbocycles. The first kappa shape index (κ1) is 12.4. The molecule has 0 radical (unpaired) electrons. The molecule has 1 aromatic carbocycles. The molecular weight excluding hydrogens is 332 g/mol. The molecule has 1 aliphatic carbocycles. The summed E-state index contributed by atoms with van der Waals surface area (Å²) in [7, 11) is 0. The van der Waals surface area contributed by atoms with Crippen LogP contribution in [-0.4, -0.2) is 12.1 Å². The van der Waals surface area contributed by atoms with Crippen LogP contribution in [0.1, 0.15) is 25.7 Å². The fourth-order valence-electron chi connectivity index (χ4n) is 2.19. The first-order chi connectivity index (χ1) is 7.65. The normalized spacial score (nSPS) is 25.4. The quantitative estimate of drug-likeness (QED) is 0.851. The molecule has 2 rings (SSSR count). The van der Waals surface area contributed by atoms with Crippen LogP contribution in [0.3, 0.4) is 0 Å². The average molecular weight is 348 g/mol. The lowest BCUT2D eigenvalue weighted by Gasteiger charge is -2.28. The molecule has 0 saturated heterocycles. The maximum Gasteiger partial charge on any atom is 0.0487 e. The summed E-state index contributed by atoms with van der Waals surface area (Å²) in [6.45, 7) is 0. The lowest BCUT2D eigenvalue weighted by Crippen LogP contribution is -2.34. The van der Waals surface area contributed by atoms with E-state index in [4.69, 9.17) is 5.73 Å². The van der Waals surface area contributed by atoms with Gasteiger partial charge in [-0.3, -0.25) is 0 Å². The third-order valence-electron chi connectivity index (χ3n) is 3.01. The Labute approximate surface area is 113 Å². The number of rotatable bonds is 2. The topological polar surface area (TPSA) is 38.0 Å². The van der Waals surface area contributed by atoms with Crippen LogP contribution in [0.5, 0.6) is 0 Å². The van der Waals surface area contributed by atoms with Crippen molar-refractivity contribution in [1.29, 1.82) is 0 Å². The highest BCUT2D eigenvalue weighted by Crippen LogP contribution is 2.29. The predicted molar refractivity (Wildman–Crippen MR) is 75.7 cm³/mol. The summed E-state index contributed by atoms with van der Waals surface area (Å²) in [5.74, 6) is 0. The Morgan fingerprint density at radius 3 is 2.75 bits per heavy atom. The fourth-order valence-corrected chi connectivity index (χ4v) is 3.35. The predicted octanol–water partition coefficient (Wildman–Crippen LogP) is 3.89. The zero-order valence-electron chi connectivity index (χ0n) is 9.05. The molecular formula is C12H16Br2N2. The summed E-state index contributed by atoms with van der Waals surface area (Å²) in [6, 6.07) is 7.08. The molecule has 2 unspecified atom stereocenters. The van der Waals surface area contributed by atoms with Gasteiger partial charge >= 0.3 is 0 Å². The van der Waals surface area contributed by atoms with Crippen LogP contribution in [0.2, 0.25) is 0 Å². The standard InChI is InChI=1S/C12H16Br2N2/c13-8-4-5-12(11(14)6-8)16-10-3-1-2-9(15)7-10/h4-6,9-10,16H,1-3,7,15H2. The van der Waals surface area contributed by atoms with Crippen LogP contribution in [0.15, 0.2) is 27.1 Å². The van der Waals surface area contributed by atoms with Gasteiger partial charge in [0, 0.05) is 26.7 Å². The van der Waals surface area contributed by atoms with Gasteiger partial charge in [0.05, 0.1) is 0 Å². The van der Waals surface area contributed by atoms with Crippen molar-refractivity contribution >= 4 is 37.5 Å². The van der Waals surface area contributed by atoms with Gasteiger partial charge in [-0.05, 0) is 59.8 Å². The Bertz CT molecular complexity index is 368. The van der Waals surface area contributed by atoms with Crippen LogP contribution >= 0.6 is 31.9 Å². The number of benzene rings is 1. The fraction of sp³-hybridized carbons (Fsp3) is 0.500. The molecule has 3 N–H and O–H groups in total. The first-order valence-corrected chi connectivity index (χ1v) is 7.21. The lowest BCUT2D eigenvalue weighted by atomic mass is 9.91. The molecule has 2 atom stereocenters. The third-order valence-corrected chi connectivity index (χ3v) is 4.15. The van der Waals surface area contributed by atoms with Gasteiger partial charge in [0.1, 0.15) is 0 Å². The minimum atomic E-state index is 0.362. The Kier molecular flexibility index (Phi) is 4.27. The molecule has 88 valence electrons. The molecule has 0 bridgehead atoms.